The lowest BCUT2D eigenvalue weighted by atomic mass is 10.2. The highest BCUT2D eigenvalue weighted by Gasteiger charge is 2.21. The van der Waals surface area contributed by atoms with Crippen molar-refractivity contribution in [2.24, 2.45) is 0 Å². The predicted octanol–water partition coefficient (Wildman–Crippen LogP) is 2.85. The summed E-state index contributed by atoms with van der Waals surface area (Å²) < 4.78 is 5.21. The average molecular weight is 364 g/mol. The van der Waals surface area contributed by atoms with Crippen molar-refractivity contribution in [2.45, 2.75) is 12.8 Å². The number of anilines is 1. The van der Waals surface area contributed by atoms with Gasteiger partial charge in [-0.05, 0) is 36.4 Å². The van der Waals surface area contributed by atoms with Crippen LogP contribution in [0.5, 0.6) is 5.75 Å². The summed E-state index contributed by atoms with van der Waals surface area (Å²) >= 11 is 0. The fourth-order valence-electron chi connectivity index (χ4n) is 3.51. The lowest BCUT2D eigenvalue weighted by molar-refractivity contribution is -0.131. The highest BCUT2D eigenvalue weighted by molar-refractivity contribution is 5.77. The Kier molecular flexibility index (Phi) is 4.96. The van der Waals surface area contributed by atoms with Crippen molar-refractivity contribution in [1.29, 1.82) is 0 Å². The van der Waals surface area contributed by atoms with E-state index in [4.69, 9.17) is 4.74 Å². The summed E-state index contributed by atoms with van der Waals surface area (Å²) in [6, 6.07) is 16.0. The summed E-state index contributed by atoms with van der Waals surface area (Å²) in [5.74, 6) is 1.93. The molecule has 1 aliphatic heterocycles. The molecule has 0 atom stereocenters. The van der Waals surface area contributed by atoms with Crippen molar-refractivity contribution in [3.8, 4) is 5.75 Å². The number of benzene rings is 2. The number of aromatic nitrogens is 2. The van der Waals surface area contributed by atoms with E-state index in [0.29, 0.717) is 12.8 Å². The Bertz CT molecular complexity index is 878. The van der Waals surface area contributed by atoms with Gasteiger partial charge < -0.3 is 19.5 Å². The number of amides is 1. The molecule has 1 saturated heterocycles. The zero-order valence-corrected chi connectivity index (χ0v) is 15.5. The van der Waals surface area contributed by atoms with Crippen LogP contribution in [-0.4, -0.2) is 54.1 Å². The second-order valence-electron chi connectivity index (χ2n) is 6.77. The highest BCUT2D eigenvalue weighted by atomic mass is 16.5. The van der Waals surface area contributed by atoms with Crippen LogP contribution in [0.15, 0.2) is 48.5 Å². The number of aromatic amines is 1. The molecule has 1 aliphatic rings. The van der Waals surface area contributed by atoms with Gasteiger partial charge in [0, 0.05) is 44.7 Å². The standard InChI is InChI=1S/C21H24N4O2/c1-27-17-8-6-16(7-9-17)24-12-14-25(15-13-24)21(26)11-10-20-22-18-4-2-3-5-19(18)23-20/h2-9H,10-15H2,1H3,(H,22,23). The topological polar surface area (TPSA) is 61.5 Å². The number of carbonyl (C=O) groups excluding carboxylic acids is 1. The fourth-order valence-corrected chi connectivity index (χ4v) is 3.51. The van der Waals surface area contributed by atoms with Crippen LogP contribution >= 0.6 is 0 Å². The van der Waals surface area contributed by atoms with Gasteiger partial charge in [0.1, 0.15) is 11.6 Å². The first-order valence-electron chi connectivity index (χ1n) is 9.33. The van der Waals surface area contributed by atoms with Crippen LogP contribution < -0.4 is 9.64 Å². The van der Waals surface area contributed by atoms with Crippen LogP contribution in [0.1, 0.15) is 12.2 Å². The lowest BCUT2D eigenvalue weighted by Crippen LogP contribution is -2.48. The zero-order chi connectivity index (χ0) is 18.6. The Labute approximate surface area is 158 Å². The molecule has 27 heavy (non-hydrogen) atoms. The van der Waals surface area contributed by atoms with E-state index < -0.39 is 0 Å². The SMILES string of the molecule is COc1ccc(N2CCN(C(=O)CCc3nc4ccccc4[nH]3)CC2)cc1. The Morgan fingerprint density at radius 1 is 1.07 bits per heavy atom. The maximum Gasteiger partial charge on any atom is 0.223 e. The van der Waals surface area contributed by atoms with Gasteiger partial charge in [0.2, 0.25) is 5.91 Å². The van der Waals surface area contributed by atoms with Crippen molar-refractivity contribution in [2.75, 3.05) is 38.2 Å². The Balaban J connectivity index is 1.29. The first-order valence-corrected chi connectivity index (χ1v) is 9.33. The van der Waals surface area contributed by atoms with Crippen LogP contribution in [0, 0.1) is 0 Å². The third-order valence-electron chi connectivity index (χ3n) is 5.08. The van der Waals surface area contributed by atoms with Crippen LogP contribution in [0.3, 0.4) is 0 Å². The highest BCUT2D eigenvalue weighted by Crippen LogP contribution is 2.21. The van der Waals surface area contributed by atoms with Crippen LogP contribution in [0.4, 0.5) is 5.69 Å². The van der Waals surface area contributed by atoms with Gasteiger partial charge in [-0.1, -0.05) is 12.1 Å². The first kappa shape index (κ1) is 17.4. The number of piperazine rings is 1. The van der Waals surface area contributed by atoms with E-state index in [-0.39, 0.29) is 5.91 Å². The molecular formula is C21H24N4O2. The molecule has 0 spiro atoms. The van der Waals surface area contributed by atoms with Gasteiger partial charge in [-0.2, -0.15) is 0 Å². The number of imidazole rings is 1. The molecule has 1 fully saturated rings. The number of aryl methyl sites for hydroxylation is 1. The number of methoxy groups -OCH3 is 1. The number of carbonyl (C=O) groups is 1. The minimum absolute atomic E-state index is 0.199. The molecule has 1 amide bonds. The minimum Gasteiger partial charge on any atom is -0.497 e. The summed E-state index contributed by atoms with van der Waals surface area (Å²) in [5, 5.41) is 0. The number of ether oxygens (including phenoxy) is 1. The van der Waals surface area contributed by atoms with Crippen LogP contribution in [-0.2, 0) is 11.2 Å². The number of rotatable bonds is 5. The number of nitrogens with zero attached hydrogens (tertiary/aromatic N) is 3. The lowest BCUT2D eigenvalue weighted by Gasteiger charge is -2.36. The van der Waals surface area contributed by atoms with Crippen molar-refractivity contribution < 1.29 is 9.53 Å². The van der Waals surface area contributed by atoms with E-state index in [9.17, 15) is 4.79 Å². The largest absolute Gasteiger partial charge is 0.497 e. The van der Waals surface area contributed by atoms with Crippen LogP contribution in [0.2, 0.25) is 0 Å². The fraction of sp³-hybridized carbons (Fsp3) is 0.333. The number of nitrogens with one attached hydrogen (secondary N) is 1. The Morgan fingerprint density at radius 2 is 1.81 bits per heavy atom. The molecular weight excluding hydrogens is 340 g/mol. The molecule has 0 bridgehead atoms. The van der Waals surface area contributed by atoms with Gasteiger partial charge in [0.25, 0.3) is 0 Å². The molecule has 0 unspecified atom stereocenters. The number of H-pyrrole nitrogens is 1. The average Bonchev–Trinajstić information content (AvgIpc) is 3.15. The van der Waals surface area contributed by atoms with E-state index in [1.165, 1.54) is 5.69 Å². The maximum absolute atomic E-state index is 12.6. The second kappa shape index (κ2) is 7.70. The van der Waals surface area contributed by atoms with Gasteiger partial charge in [0.15, 0.2) is 0 Å². The molecule has 0 radical (unpaired) electrons. The van der Waals surface area contributed by atoms with Crippen molar-refractivity contribution in [3.05, 3.63) is 54.4 Å². The van der Waals surface area contributed by atoms with Crippen molar-refractivity contribution in [1.82, 2.24) is 14.9 Å². The molecule has 4 rings (SSSR count). The van der Waals surface area contributed by atoms with E-state index in [1.54, 1.807) is 7.11 Å². The number of hydrogen-bond donors (Lipinski definition) is 1. The molecule has 3 aromatic rings. The van der Waals surface area contributed by atoms with Gasteiger partial charge in [0.05, 0.1) is 18.1 Å². The third-order valence-corrected chi connectivity index (χ3v) is 5.08. The monoisotopic (exact) mass is 364 g/mol. The smallest absolute Gasteiger partial charge is 0.223 e. The summed E-state index contributed by atoms with van der Waals surface area (Å²) in [7, 11) is 1.67. The molecule has 1 N–H and O–H groups in total. The minimum atomic E-state index is 0.199. The van der Waals surface area contributed by atoms with E-state index in [1.807, 2.05) is 41.3 Å². The molecule has 0 aliphatic carbocycles. The number of para-hydroxylation sites is 2. The van der Waals surface area contributed by atoms with E-state index >= 15 is 0 Å². The van der Waals surface area contributed by atoms with E-state index in [0.717, 1.165) is 48.8 Å². The van der Waals surface area contributed by atoms with E-state index in [2.05, 4.69) is 27.0 Å². The van der Waals surface area contributed by atoms with Gasteiger partial charge in [-0.25, -0.2) is 4.98 Å². The molecule has 6 nitrogen and oxygen atoms in total. The third kappa shape index (κ3) is 3.89. The summed E-state index contributed by atoms with van der Waals surface area (Å²) in [4.78, 5) is 24.7. The molecule has 2 aromatic carbocycles. The zero-order valence-electron chi connectivity index (χ0n) is 15.5. The maximum atomic E-state index is 12.6. The van der Waals surface area contributed by atoms with Gasteiger partial charge in [-0.3, -0.25) is 4.79 Å². The normalized spacial score (nSPS) is 14.6. The summed E-state index contributed by atoms with van der Waals surface area (Å²) in [6.45, 7) is 3.21. The second-order valence-corrected chi connectivity index (χ2v) is 6.77. The van der Waals surface area contributed by atoms with Crippen molar-refractivity contribution in [3.63, 3.8) is 0 Å². The quantitative estimate of drug-likeness (QED) is 0.756. The van der Waals surface area contributed by atoms with Crippen molar-refractivity contribution >= 4 is 22.6 Å². The number of fused-ring (bicyclic) bond motifs is 1. The summed E-state index contributed by atoms with van der Waals surface area (Å²) in [5.41, 5.74) is 3.14. The molecule has 2 heterocycles. The van der Waals surface area contributed by atoms with Gasteiger partial charge in [-0.15, -0.1) is 0 Å². The molecule has 1 aromatic heterocycles. The molecule has 140 valence electrons. The number of hydrogen-bond acceptors (Lipinski definition) is 4. The predicted molar refractivity (Wildman–Crippen MR) is 106 cm³/mol. The van der Waals surface area contributed by atoms with Gasteiger partial charge >= 0.3 is 0 Å². The Morgan fingerprint density at radius 3 is 2.52 bits per heavy atom. The summed E-state index contributed by atoms with van der Waals surface area (Å²) in [6.07, 6.45) is 1.13. The molecule has 0 saturated carbocycles. The Hall–Kier alpha value is -3.02. The van der Waals surface area contributed by atoms with Crippen LogP contribution in [0.25, 0.3) is 11.0 Å². The first-order chi connectivity index (χ1) is 13.2. The molecule has 6 heteroatoms.